The number of ether oxygens (including phenoxy) is 11. The highest BCUT2D eigenvalue weighted by Crippen LogP contribution is 2.36. The molecule has 1 amide bonds. The third kappa shape index (κ3) is 12.0. The molecule has 0 saturated carbocycles. The Morgan fingerprint density at radius 3 is 1.24 bits per heavy atom. The number of amides is 1. The van der Waals surface area contributed by atoms with E-state index in [0.717, 1.165) is 6.92 Å². The van der Waals surface area contributed by atoms with Gasteiger partial charge in [0.2, 0.25) is 5.91 Å². The fourth-order valence-corrected chi connectivity index (χ4v) is 8.78. The predicted molar refractivity (Wildman–Crippen MR) is 211 cm³/mol. The van der Waals surface area contributed by atoms with Crippen LogP contribution in [0.15, 0.2) is 0 Å². The van der Waals surface area contributed by atoms with Crippen molar-refractivity contribution in [3.63, 3.8) is 0 Å². The first-order valence-corrected chi connectivity index (χ1v) is 22.1. The summed E-state index contributed by atoms with van der Waals surface area (Å²) in [5.41, 5.74) is 0. The van der Waals surface area contributed by atoms with Gasteiger partial charge in [0.1, 0.15) is 146 Å². The smallest absolute Gasteiger partial charge is 0.217 e. The predicted octanol–water partition coefficient (Wildman–Crippen LogP) is -14.0. The minimum absolute atomic E-state index is 0.763. The molecule has 0 aliphatic carbocycles. The van der Waals surface area contributed by atoms with Crippen molar-refractivity contribution in [1.82, 2.24) is 5.32 Å². The maximum atomic E-state index is 12.0. The molecule has 70 heavy (non-hydrogen) atoms. The Hall–Kier alpha value is -1.73. The Bertz CT molecular complexity index is 1630. The molecule has 0 spiro atoms. The van der Waals surface area contributed by atoms with Crippen LogP contribution in [0.4, 0.5) is 0 Å². The van der Waals surface area contributed by atoms with Gasteiger partial charge in [0.25, 0.3) is 0 Å². The van der Waals surface area contributed by atoms with E-state index in [0.29, 0.717) is 0 Å². The van der Waals surface area contributed by atoms with Crippen molar-refractivity contribution in [2.24, 2.45) is 0 Å². The lowest BCUT2D eigenvalue weighted by atomic mass is 9.95. The number of carbonyl (C=O) groups is 1. The van der Waals surface area contributed by atoms with E-state index in [1.54, 1.807) is 0 Å². The quantitative estimate of drug-likeness (QED) is 0.0643. The second kappa shape index (κ2) is 24.7. The van der Waals surface area contributed by atoms with E-state index in [9.17, 15) is 102 Å². The molecule has 20 N–H and O–H groups in total. The second-order valence-corrected chi connectivity index (χ2v) is 17.5. The average Bonchev–Trinajstić information content (AvgIpc) is 3.33. The van der Waals surface area contributed by atoms with Crippen LogP contribution in [0.25, 0.3) is 0 Å². The zero-order valence-corrected chi connectivity index (χ0v) is 37.0. The molecule has 0 aromatic heterocycles. The number of hydrogen-bond acceptors (Lipinski definition) is 31. The van der Waals surface area contributed by atoms with Gasteiger partial charge in [0.05, 0.1) is 39.6 Å². The molecule has 408 valence electrons. The number of aliphatic hydroxyl groups is 19. The Kier molecular flexibility index (Phi) is 20.3. The molecule has 30 atom stereocenters. The zero-order valence-electron chi connectivity index (χ0n) is 37.0. The summed E-state index contributed by atoms with van der Waals surface area (Å²) in [5, 5.41) is 204. The van der Waals surface area contributed by atoms with Gasteiger partial charge in [0.15, 0.2) is 37.7 Å². The SMILES string of the molecule is CC(=O)N[C@H]1[C@H](O)[C@@H](O[C@@H]2O[C@H](CO[C@H]3O[C@H](CO)[C@@H](O)[C@H](O[C@H]4O[C@H](CO)[C@@H](O)[C@H](O)[C@@H]4O)[C@@H]3O)[C@@H](O)[C@H](O[C@@H]3O[C@@H](CO)[C@H](O)[C@@H](O)[C@H]3O[C@@H]3O[C@@H](CO)[C@H](O)[C@@H](O)[C@H]3O)[C@@H]2O)[C@H](CO)O[C@@H]1O. The van der Waals surface area contributed by atoms with Crippen molar-refractivity contribution in [1.29, 1.82) is 0 Å². The van der Waals surface area contributed by atoms with Crippen LogP contribution >= 0.6 is 0 Å². The van der Waals surface area contributed by atoms with Gasteiger partial charge in [-0.1, -0.05) is 0 Å². The van der Waals surface area contributed by atoms with Crippen LogP contribution in [-0.2, 0) is 56.9 Å². The Labute approximate surface area is 395 Å². The number of hydrogen-bond donors (Lipinski definition) is 20. The van der Waals surface area contributed by atoms with Crippen molar-refractivity contribution in [2.75, 3.05) is 39.6 Å². The number of carbonyl (C=O) groups excluding carboxylic acids is 1. The topological polar surface area (TPSA) is 515 Å². The number of rotatable bonds is 17. The molecule has 32 nitrogen and oxygen atoms in total. The van der Waals surface area contributed by atoms with Crippen LogP contribution in [-0.4, -0.2) is 327 Å². The van der Waals surface area contributed by atoms with E-state index in [-0.39, 0.29) is 0 Å². The maximum Gasteiger partial charge on any atom is 0.217 e. The average molecular weight is 1030 g/mol. The molecule has 6 heterocycles. The third-order valence-corrected chi connectivity index (χ3v) is 12.8. The molecule has 0 radical (unpaired) electrons. The summed E-state index contributed by atoms with van der Waals surface area (Å²) in [6, 6.07) is -1.63. The fraction of sp³-hybridized carbons (Fsp3) is 0.974. The molecule has 6 rings (SSSR count). The molecule has 6 saturated heterocycles. The van der Waals surface area contributed by atoms with E-state index >= 15 is 0 Å². The molecular weight excluding hydrogens is 966 g/mol. The summed E-state index contributed by atoms with van der Waals surface area (Å²) >= 11 is 0. The van der Waals surface area contributed by atoms with Crippen LogP contribution in [0.2, 0.25) is 0 Å². The summed E-state index contributed by atoms with van der Waals surface area (Å²) < 4.78 is 62.0. The fourth-order valence-electron chi connectivity index (χ4n) is 8.78. The Morgan fingerprint density at radius 2 is 0.743 bits per heavy atom. The molecule has 0 aromatic carbocycles. The van der Waals surface area contributed by atoms with Gasteiger partial charge in [-0.15, -0.1) is 0 Å². The van der Waals surface area contributed by atoms with Gasteiger partial charge in [-0.05, 0) is 0 Å². The first-order valence-electron chi connectivity index (χ1n) is 22.1. The Morgan fingerprint density at radius 1 is 0.371 bits per heavy atom. The lowest BCUT2D eigenvalue weighted by molar-refractivity contribution is -0.397. The maximum absolute atomic E-state index is 12.0. The molecule has 0 unspecified atom stereocenters. The van der Waals surface area contributed by atoms with E-state index in [2.05, 4.69) is 5.32 Å². The van der Waals surface area contributed by atoms with E-state index in [4.69, 9.17) is 52.1 Å². The molecule has 6 fully saturated rings. The van der Waals surface area contributed by atoms with Gasteiger partial charge < -0.3 is 154 Å². The largest absolute Gasteiger partial charge is 0.394 e. The summed E-state index contributed by atoms with van der Waals surface area (Å²) in [7, 11) is 0. The highest BCUT2D eigenvalue weighted by molar-refractivity contribution is 5.73. The molecule has 32 heteroatoms. The highest BCUT2D eigenvalue weighted by atomic mass is 16.8. The summed E-state index contributed by atoms with van der Waals surface area (Å²) in [6.07, 6.45) is -56.5. The van der Waals surface area contributed by atoms with Crippen LogP contribution in [0.5, 0.6) is 0 Å². The second-order valence-electron chi connectivity index (χ2n) is 17.5. The van der Waals surface area contributed by atoms with E-state index < -0.39 is 230 Å². The van der Waals surface area contributed by atoms with Gasteiger partial charge >= 0.3 is 0 Å². The standard InChI is InChI=1S/C38H65NO31/c1-8(45)39-15-21(51)29(13(6-44)61-33(15)59)67-37-28(58)31(69-38-32(24(54)18(48)11(4-42)65-38)70-36-26(56)23(53)17(47)10(3-41)64-36)20(50)14(66-37)7-60-34-27(57)30(19(49)12(5-43)62-34)68-35-25(55)22(52)16(46)9(2-40)63-35/h9-38,40-44,46-59H,2-7H2,1H3,(H,39,45)/t9-,10+,11+,12-,13+,14-,15+,16-,17+,18+,19-,20-,21+,22+,23-,24-,25+,26-,27+,28+,29+,30+,31+,32-,33+,34+,35-,36+,37+,38+/m1/s1. The Balaban J connectivity index is 1.29. The van der Waals surface area contributed by atoms with Crippen LogP contribution in [0.3, 0.4) is 0 Å². The lowest BCUT2D eigenvalue weighted by Gasteiger charge is -2.50. The van der Waals surface area contributed by atoms with Crippen molar-refractivity contribution in [2.45, 2.75) is 191 Å². The monoisotopic (exact) mass is 1030 g/mol. The third-order valence-electron chi connectivity index (χ3n) is 12.8. The van der Waals surface area contributed by atoms with Crippen LogP contribution in [0.1, 0.15) is 6.92 Å². The number of nitrogens with one attached hydrogen (secondary N) is 1. The van der Waals surface area contributed by atoms with Crippen molar-refractivity contribution in [3.8, 4) is 0 Å². The molecular formula is C38H65NO31. The van der Waals surface area contributed by atoms with E-state index in [1.807, 2.05) is 0 Å². The highest BCUT2D eigenvalue weighted by Gasteiger charge is 2.57. The first-order chi connectivity index (χ1) is 33.1. The van der Waals surface area contributed by atoms with Crippen LogP contribution in [0, 0.1) is 0 Å². The van der Waals surface area contributed by atoms with Crippen molar-refractivity contribution < 1.29 is 154 Å². The number of aliphatic hydroxyl groups excluding tert-OH is 19. The van der Waals surface area contributed by atoms with Gasteiger partial charge in [-0.3, -0.25) is 4.79 Å². The summed E-state index contributed by atoms with van der Waals surface area (Å²) in [4.78, 5) is 12.0. The minimum Gasteiger partial charge on any atom is -0.394 e. The molecule has 6 aliphatic rings. The minimum atomic E-state index is -2.29. The summed E-state index contributed by atoms with van der Waals surface area (Å²) in [5.74, 6) is -0.763. The van der Waals surface area contributed by atoms with Gasteiger partial charge in [-0.25, -0.2) is 0 Å². The van der Waals surface area contributed by atoms with Crippen molar-refractivity contribution >= 4 is 5.91 Å². The van der Waals surface area contributed by atoms with Crippen molar-refractivity contribution in [3.05, 3.63) is 0 Å². The van der Waals surface area contributed by atoms with Gasteiger partial charge in [-0.2, -0.15) is 0 Å². The lowest BCUT2D eigenvalue weighted by Crippen LogP contribution is -2.69. The molecule has 0 bridgehead atoms. The van der Waals surface area contributed by atoms with E-state index in [1.165, 1.54) is 0 Å². The van der Waals surface area contributed by atoms with Crippen LogP contribution < -0.4 is 5.32 Å². The zero-order chi connectivity index (χ0) is 51.6. The normalized spacial score (nSPS) is 51.5. The molecule has 6 aliphatic heterocycles. The van der Waals surface area contributed by atoms with Gasteiger partial charge in [0, 0.05) is 6.92 Å². The summed E-state index contributed by atoms with van der Waals surface area (Å²) in [6.45, 7) is -4.70. The first kappa shape index (κ1) is 57.5. The molecule has 0 aromatic rings.